The number of para-hydroxylation sites is 4. The van der Waals surface area contributed by atoms with E-state index in [1.54, 1.807) is 0 Å². The van der Waals surface area contributed by atoms with Crippen LogP contribution in [-0.2, 0) is 0 Å². The van der Waals surface area contributed by atoms with Crippen LogP contribution in [0.25, 0.3) is 121 Å². The number of nitrogens with zero attached hydrogens (tertiary/aromatic N) is 4. The molecule has 4 heteroatoms. The predicted molar refractivity (Wildman–Crippen MR) is 402 cm³/mol. The SMILES string of the molecule is c1ccc(-c2c3c4cccc5c6cc(N(c7ccccc7)c7ccc8c(c7)-c7ccccc7C8c7ccccc7)ccc6n(c3c(-c3ccccc3)c3c6cccc7c8cc(N(c9ccccc9)c9ccc%10c(c9)-c9ccccc9C%10c9ccccc9)ccc8n(c23)c76)c54)cc1. The monoisotopic (exact) mass is 1220 g/mol. The van der Waals surface area contributed by atoms with Crippen LogP contribution in [-0.4, -0.2) is 8.80 Å². The highest BCUT2D eigenvalue weighted by Gasteiger charge is 2.35. The Morgan fingerprint density at radius 3 is 0.969 bits per heavy atom. The fourth-order valence-corrected chi connectivity index (χ4v) is 17.4. The topological polar surface area (TPSA) is 15.3 Å². The molecule has 0 aliphatic heterocycles. The highest BCUT2D eigenvalue weighted by molar-refractivity contribution is 6.38. The second-order valence-corrected chi connectivity index (χ2v) is 26.2. The molecule has 0 amide bonds. The van der Waals surface area contributed by atoms with Crippen molar-refractivity contribution in [2.45, 2.75) is 11.8 Å². The Kier molecular flexibility index (Phi) is 11.3. The van der Waals surface area contributed by atoms with Crippen LogP contribution in [0.3, 0.4) is 0 Å². The van der Waals surface area contributed by atoms with Crippen LogP contribution in [0.15, 0.2) is 340 Å². The zero-order valence-electron chi connectivity index (χ0n) is 52.3. The zero-order chi connectivity index (χ0) is 62.7. The van der Waals surface area contributed by atoms with Gasteiger partial charge in [0.25, 0.3) is 0 Å². The summed E-state index contributed by atoms with van der Waals surface area (Å²) < 4.78 is 5.26. The fraction of sp³-hybridized carbons (Fsp3) is 0.0217. The van der Waals surface area contributed by atoms with Crippen LogP contribution in [0.5, 0.6) is 0 Å². The Bertz CT molecular complexity index is 5930. The van der Waals surface area contributed by atoms with E-state index in [0.717, 1.165) is 34.1 Å². The molecule has 2 unspecified atom stereocenters. The van der Waals surface area contributed by atoms with E-state index in [1.165, 1.54) is 154 Å². The minimum absolute atomic E-state index is 0.171. The summed E-state index contributed by atoms with van der Waals surface area (Å²) >= 11 is 0. The number of benzene rings is 15. The molecule has 4 aromatic heterocycles. The molecule has 15 aromatic carbocycles. The average molecular weight is 1220 g/mol. The third-order valence-corrected chi connectivity index (χ3v) is 21.2. The van der Waals surface area contributed by atoms with Crippen LogP contribution < -0.4 is 9.80 Å². The number of anilines is 6. The molecule has 0 radical (unpaired) electrons. The highest BCUT2D eigenvalue weighted by atomic mass is 15.1. The standard InChI is InChI=1S/C92H58N4/c1-7-25-57(26-8-1)83-69-39-21-19-37-67(69)77-53-63(45-49-71(77)83)93(61-33-15-5-16-34-61)65-47-51-81-79(55-65)73-41-23-43-75-87-86(60-31-13-4-14-32-60)92-88(85(59-29-11-3-12-30-59)91(87)95(81)89(73)75)76-44-24-42-74-80-56-66(48-52-82(80)96(92)90(74)76)94(62-35-17-6-18-36-62)64-46-50-72-78(54-64)68-38-20-22-40-70(68)84(72)58-27-9-2-10-28-58/h1-56,83-84H. The van der Waals surface area contributed by atoms with Gasteiger partial charge in [0.2, 0.25) is 0 Å². The van der Waals surface area contributed by atoms with Gasteiger partial charge >= 0.3 is 0 Å². The van der Waals surface area contributed by atoms with Crippen LogP contribution in [0.2, 0.25) is 0 Å². The van der Waals surface area contributed by atoms with Gasteiger partial charge in [-0.25, -0.2) is 0 Å². The van der Waals surface area contributed by atoms with E-state index < -0.39 is 0 Å². The minimum atomic E-state index is 0.171. The van der Waals surface area contributed by atoms with E-state index in [9.17, 15) is 0 Å². The lowest BCUT2D eigenvalue weighted by molar-refractivity contribution is 1.01. The smallest absolute Gasteiger partial charge is 0.0634 e. The maximum absolute atomic E-state index is 2.63. The Balaban J connectivity index is 0.795. The van der Waals surface area contributed by atoms with Crippen molar-refractivity contribution in [2.75, 3.05) is 9.80 Å². The number of hydrogen-bond acceptors (Lipinski definition) is 2. The summed E-state index contributed by atoms with van der Waals surface area (Å²) in [4.78, 5) is 4.91. The molecule has 2 aliphatic carbocycles. The van der Waals surface area contributed by atoms with Gasteiger partial charge in [-0.3, -0.25) is 0 Å². The molecule has 0 fully saturated rings. The molecule has 0 N–H and O–H groups in total. The number of hydrogen-bond donors (Lipinski definition) is 0. The van der Waals surface area contributed by atoms with Crippen molar-refractivity contribution in [3.05, 3.63) is 373 Å². The summed E-state index contributed by atoms with van der Waals surface area (Å²) in [5.41, 5.74) is 32.0. The molecule has 0 bridgehead atoms. The molecule has 0 saturated heterocycles. The van der Waals surface area contributed by atoms with Gasteiger partial charge in [-0.2, -0.15) is 0 Å². The van der Waals surface area contributed by atoms with Crippen molar-refractivity contribution in [1.29, 1.82) is 0 Å². The van der Waals surface area contributed by atoms with Crippen molar-refractivity contribution in [1.82, 2.24) is 8.80 Å². The van der Waals surface area contributed by atoms with Crippen LogP contribution in [0.1, 0.15) is 45.2 Å². The molecule has 2 atom stereocenters. The third-order valence-electron chi connectivity index (χ3n) is 21.2. The van der Waals surface area contributed by atoms with E-state index in [-0.39, 0.29) is 11.8 Å². The maximum Gasteiger partial charge on any atom is 0.0634 e. The van der Waals surface area contributed by atoms with Gasteiger partial charge in [-0.1, -0.05) is 255 Å². The van der Waals surface area contributed by atoms with E-state index in [4.69, 9.17) is 0 Å². The second-order valence-electron chi connectivity index (χ2n) is 26.2. The third kappa shape index (κ3) is 7.49. The van der Waals surface area contributed by atoms with E-state index in [0.29, 0.717) is 0 Å². The first kappa shape index (κ1) is 53.1. The largest absolute Gasteiger partial charge is 0.310 e. The Labute approximate surface area is 555 Å². The van der Waals surface area contributed by atoms with Crippen molar-refractivity contribution in [3.63, 3.8) is 0 Å². The van der Waals surface area contributed by atoms with E-state index in [2.05, 4.69) is 358 Å². The lowest BCUT2D eigenvalue weighted by Gasteiger charge is -2.26. The highest BCUT2D eigenvalue weighted by Crippen LogP contribution is 2.57. The summed E-state index contributed by atoms with van der Waals surface area (Å²) in [6, 6.07) is 127. The van der Waals surface area contributed by atoms with Crippen molar-refractivity contribution in [2.24, 2.45) is 0 Å². The number of fused-ring (bicyclic) bond motifs is 18. The summed E-state index contributed by atoms with van der Waals surface area (Å²) in [5, 5.41) is 9.88. The Morgan fingerprint density at radius 1 is 0.219 bits per heavy atom. The minimum Gasteiger partial charge on any atom is -0.310 e. The van der Waals surface area contributed by atoms with Crippen molar-refractivity contribution in [3.8, 4) is 44.5 Å². The Hall–Kier alpha value is -12.5. The second kappa shape index (κ2) is 20.5. The Morgan fingerprint density at radius 2 is 0.552 bits per heavy atom. The van der Waals surface area contributed by atoms with Gasteiger partial charge in [0.05, 0.1) is 33.1 Å². The van der Waals surface area contributed by atoms with Gasteiger partial charge in [0.15, 0.2) is 0 Å². The average Bonchev–Trinajstić information content (AvgIpc) is 1.49. The van der Waals surface area contributed by atoms with Crippen LogP contribution in [0.4, 0.5) is 34.1 Å². The molecule has 2 aliphatic rings. The maximum atomic E-state index is 2.63. The molecule has 0 saturated carbocycles. The number of aromatic nitrogens is 2. The quantitative estimate of drug-likeness (QED) is 0.136. The van der Waals surface area contributed by atoms with Crippen LogP contribution in [0, 0.1) is 0 Å². The van der Waals surface area contributed by atoms with Gasteiger partial charge in [0.1, 0.15) is 0 Å². The molecule has 21 rings (SSSR count). The molecule has 96 heavy (non-hydrogen) atoms. The lowest BCUT2D eigenvalue weighted by atomic mass is 9.89. The van der Waals surface area contributed by atoms with Gasteiger partial charge in [0, 0.05) is 100 Å². The summed E-state index contributed by atoms with van der Waals surface area (Å²) in [5.74, 6) is 0.342. The molecule has 0 spiro atoms. The molecule has 446 valence electrons. The molecule has 19 aromatic rings. The lowest BCUT2D eigenvalue weighted by Crippen LogP contribution is -2.10. The van der Waals surface area contributed by atoms with E-state index in [1.807, 2.05) is 0 Å². The van der Waals surface area contributed by atoms with Crippen molar-refractivity contribution >= 4 is 110 Å². The molecule has 4 heterocycles. The van der Waals surface area contributed by atoms with E-state index >= 15 is 0 Å². The number of rotatable bonds is 10. The van der Waals surface area contributed by atoms with Gasteiger partial charge in [-0.05, 0) is 152 Å². The molecular formula is C92H58N4. The summed E-state index contributed by atoms with van der Waals surface area (Å²) in [7, 11) is 0. The van der Waals surface area contributed by atoms with Gasteiger partial charge < -0.3 is 18.6 Å². The van der Waals surface area contributed by atoms with Crippen molar-refractivity contribution < 1.29 is 0 Å². The van der Waals surface area contributed by atoms with Crippen LogP contribution >= 0.6 is 0 Å². The normalized spacial score (nSPS) is 14.0. The predicted octanol–water partition coefficient (Wildman–Crippen LogP) is 24.6. The first-order valence-corrected chi connectivity index (χ1v) is 33.5. The van der Waals surface area contributed by atoms with Gasteiger partial charge in [-0.15, -0.1) is 0 Å². The first-order chi connectivity index (χ1) is 47.7. The summed E-state index contributed by atoms with van der Waals surface area (Å²) in [6.45, 7) is 0. The zero-order valence-corrected chi connectivity index (χ0v) is 52.3. The summed E-state index contributed by atoms with van der Waals surface area (Å²) in [6.07, 6.45) is 0. The molecular weight excluding hydrogens is 1160 g/mol. The fourth-order valence-electron chi connectivity index (χ4n) is 17.4. The molecule has 4 nitrogen and oxygen atoms in total. The first-order valence-electron chi connectivity index (χ1n) is 33.5.